The van der Waals surface area contributed by atoms with Gasteiger partial charge in [-0.1, -0.05) is 170 Å². The van der Waals surface area contributed by atoms with Crippen LogP contribution in [0.5, 0.6) is 0 Å². The summed E-state index contributed by atoms with van der Waals surface area (Å²) in [5, 5.41) is 16.9. The number of aromatic nitrogens is 6. The molecule has 14 rings (SSSR count). The molecule has 0 saturated carbocycles. The monoisotopic (exact) mass is 868 g/mol. The number of para-hydroxylation sites is 4. The first-order valence-corrected chi connectivity index (χ1v) is 23.1. The lowest BCUT2D eigenvalue weighted by molar-refractivity contribution is 1.08. The average molecular weight is 869 g/mol. The number of fused-ring (bicyclic) bond motifs is 10. The maximum atomic E-state index is 4.84. The molecule has 0 atom stereocenters. The number of hydrogen-bond acceptors (Lipinski definition) is 2. The fourth-order valence-electron chi connectivity index (χ4n) is 10.8. The van der Waals surface area contributed by atoms with E-state index < -0.39 is 0 Å². The van der Waals surface area contributed by atoms with Crippen molar-refractivity contribution >= 4 is 65.4 Å². The van der Waals surface area contributed by atoms with E-state index in [-0.39, 0.29) is 0 Å². The highest BCUT2D eigenvalue weighted by molar-refractivity contribution is 6.26. The largest absolute Gasteiger partial charge is 0.309 e. The minimum absolute atomic E-state index is 0.793. The van der Waals surface area contributed by atoms with Crippen LogP contribution in [0.2, 0.25) is 0 Å². The summed E-state index contributed by atoms with van der Waals surface area (Å²) in [6, 6.07) is 87.0. The Labute approximate surface area is 391 Å². The van der Waals surface area contributed by atoms with Crippen LogP contribution >= 0.6 is 0 Å². The van der Waals surface area contributed by atoms with E-state index in [1.807, 2.05) is 12.1 Å². The molecular weight excluding hydrogens is 829 g/mol. The van der Waals surface area contributed by atoms with Gasteiger partial charge < -0.3 is 13.7 Å². The smallest absolute Gasteiger partial charge is 0.168 e. The van der Waals surface area contributed by atoms with Gasteiger partial charge >= 0.3 is 0 Å². The summed E-state index contributed by atoms with van der Waals surface area (Å²) in [6.07, 6.45) is 0. The van der Waals surface area contributed by atoms with E-state index in [9.17, 15) is 0 Å². The Kier molecular flexibility index (Phi) is 8.48. The molecule has 68 heavy (non-hydrogen) atoms. The quantitative estimate of drug-likeness (QED) is 0.160. The third kappa shape index (κ3) is 5.71. The molecule has 0 aliphatic heterocycles. The predicted octanol–water partition coefficient (Wildman–Crippen LogP) is 15.6. The van der Waals surface area contributed by atoms with Crippen LogP contribution in [0.3, 0.4) is 0 Å². The van der Waals surface area contributed by atoms with E-state index in [1.165, 1.54) is 43.6 Å². The third-order valence-corrected chi connectivity index (χ3v) is 13.7. The summed E-state index contributed by atoms with van der Waals surface area (Å²) in [6.45, 7) is 0. The SMILES string of the molecule is c1ccc(-c2nnc(-c3ccccc3)n2-c2cccc3c2c2ccccc2n3-c2cccc(-c3cccc(-n4c5ccccc5c5c4ccc4c6ccccc6n(-c6ccccc6)c45)c3)c2)cc1. The second kappa shape index (κ2) is 15.2. The lowest BCUT2D eigenvalue weighted by Gasteiger charge is -2.14. The van der Waals surface area contributed by atoms with E-state index in [4.69, 9.17) is 10.2 Å². The minimum Gasteiger partial charge on any atom is -0.309 e. The zero-order chi connectivity index (χ0) is 44.7. The summed E-state index contributed by atoms with van der Waals surface area (Å²) in [5.74, 6) is 1.59. The fraction of sp³-hybridized carbons (Fsp3) is 0. The molecule has 0 aliphatic rings. The maximum absolute atomic E-state index is 4.84. The van der Waals surface area contributed by atoms with E-state index in [0.29, 0.717) is 0 Å². The van der Waals surface area contributed by atoms with Crippen molar-refractivity contribution < 1.29 is 0 Å². The molecule has 0 bridgehead atoms. The van der Waals surface area contributed by atoms with E-state index >= 15 is 0 Å². The zero-order valence-electron chi connectivity index (χ0n) is 36.8. The van der Waals surface area contributed by atoms with Crippen LogP contribution in [-0.4, -0.2) is 28.5 Å². The summed E-state index contributed by atoms with van der Waals surface area (Å²) >= 11 is 0. The molecule has 0 saturated heterocycles. The second-order valence-electron chi connectivity index (χ2n) is 17.4. The van der Waals surface area contributed by atoms with Gasteiger partial charge in [-0.05, 0) is 83.9 Å². The lowest BCUT2D eigenvalue weighted by atomic mass is 10.0. The maximum Gasteiger partial charge on any atom is 0.168 e. The Morgan fingerprint density at radius 2 is 0.676 bits per heavy atom. The van der Waals surface area contributed by atoms with Crippen LogP contribution in [0.4, 0.5) is 0 Å². The van der Waals surface area contributed by atoms with Crippen molar-refractivity contribution in [3.63, 3.8) is 0 Å². The first-order valence-electron chi connectivity index (χ1n) is 23.1. The van der Waals surface area contributed by atoms with Crippen molar-refractivity contribution in [2.75, 3.05) is 0 Å². The summed E-state index contributed by atoms with van der Waals surface area (Å²) in [5.41, 5.74) is 15.6. The van der Waals surface area contributed by atoms with Crippen molar-refractivity contribution in [1.82, 2.24) is 28.5 Å². The molecule has 0 unspecified atom stereocenters. The standard InChI is InChI=1S/C62H40N6/c1-4-19-41(20-5-1)61-63-64-62(42-21-6-2-7-22-42)68(61)56-36-18-35-55-58(56)50-30-11-14-33-53(50)65(55)46-27-16-23-43(39-46)44-24-17-28-47(40-44)66-54-34-15-12-31-51(54)59-57(66)38-37-49-48-29-10-13-32-52(48)67(60(49)59)45-25-8-3-9-26-45/h1-40H. The molecular formula is C62H40N6. The van der Waals surface area contributed by atoms with E-state index in [0.717, 1.165) is 78.5 Å². The van der Waals surface area contributed by atoms with Crippen molar-refractivity contribution in [1.29, 1.82) is 0 Å². The first-order chi connectivity index (χ1) is 33.8. The van der Waals surface area contributed by atoms with Gasteiger partial charge in [0.15, 0.2) is 11.6 Å². The first kappa shape index (κ1) is 38.1. The molecule has 6 heteroatoms. The van der Waals surface area contributed by atoms with Crippen molar-refractivity contribution in [2.24, 2.45) is 0 Å². The van der Waals surface area contributed by atoms with Crippen LogP contribution in [0.1, 0.15) is 0 Å². The van der Waals surface area contributed by atoms with E-state index in [2.05, 4.69) is 249 Å². The molecule has 4 aromatic heterocycles. The molecule has 0 aliphatic carbocycles. The zero-order valence-corrected chi connectivity index (χ0v) is 36.8. The van der Waals surface area contributed by atoms with Crippen LogP contribution < -0.4 is 0 Å². The summed E-state index contributed by atoms with van der Waals surface area (Å²) < 4.78 is 9.52. The lowest BCUT2D eigenvalue weighted by Crippen LogP contribution is -2.01. The van der Waals surface area contributed by atoms with Gasteiger partial charge in [0, 0.05) is 60.5 Å². The summed E-state index contributed by atoms with van der Waals surface area (Å²) in [7, 11) is 0. The molecule has 14 aromatic rings. The number of hydrogen-bond donors (Lipinski definition) is 0. The van der Waals surface area contributed by atoms with Gasteiger partial charge in [0.2, 0.25) is 0 Å². The molecule has 6 nitrogen and oxygen atoms in total. The topological polar surface area (TPSA) is 45.5 Å². The van der Waals surface area contributed by atoms with Gasteiger partial charge in [0.25, 0.3) is 0 Å². The Morgan fingerprint density at radius 1 is 0.250 bits per heavy atom. The highest BCUT2D eigenvalue weighted by atomic mass is 15.3. The van der Waals surface area contributed by atoms with Crippen LogP contribution in [0, 0.1) is 0 Å². The van der Waals surface area contributed by atoms with E-state index in [1.54, 1.807) is 0 Å². The van der Waals surface area contributed by atoms with Gasteiger partial charge in [-0.3, -0.25) is 4.57 Å². The Hall–Kier alpha value is -9.26. The van der Waals surface area contributed by atoms with Gasteiger partial charge in [0.1, 0.15) is 0 Å². The molecule has 4 heterocycles. The highest BCUT2D eigenvalue weighted by Crippen LogP contribution is 2.43. The molecule has 0 spiro atoms. The number of rotatable bonds is 7. The molecule has 0 N–H and O–H groups in total. The molecule has 318 valence electrons. The highest BCUT2D eigenvalue weighted by Gasteiger charge is 2.24. The molecule has 0 radical (unpaired) electrons. The average Bonchev–Trinajstić information content (AvgIpc) is 4.18. The molecule has 0 amide bonds. The van der Waals surface area contributed by atoms with Crippen molar-refractivity contribution in [3.8, 4) is 56.7 Å². The number of benzene rings is 10. The Bertz CT molecular complexity index is 4190. The predicted molar refractivity (Wildman–Crippen MR) is 281 cm³/mol. The normalized spacial score (nSPS) is 11.8. The third-order valence-electron chi connectivity index (χ3n) is 13.7. The molecule has 0 fully saturated rings. The van der Waals surface area contributed by atoms with Gasteiger partial charge in [-0.25, -0.2) is 0 Å². The Balaban J connectivity index is 0.946. The molecule has 10 aromatic carbocycles. The van der Waals surface area contributed by atoms with Crippen LogP contribution in [0.25, 0.3) is 122 Å². The Morgan fingerprint density at radius 3 is 1.26 bits per heavy atom. The van der Waals surface area contributed by atoms with Gasteiger partial charge in [0.05, 0.1) is 38.8 Å². The van der Waals surface area contributed by atoms with Crippen molar-refractivity contribution in [3.05, 3.63) is 243 Å². The van der Waals surface area contributed by atoms with Crippen LogP contribution in [-0.2, 0) is 0 Å². The van der Waals surface area contributed by atoms with Gasteiger partial charge in [-0.2, -0.15) is 0 Å². The minimum atomic E-state index is 0.793. The second-order valence-corrected chi connectivity index (χ2v) is 17.4. The summed E-state index contributed by atoms with van der Waals surface area (Å²) in [4.78, 5) is 0. The van der Waals surface area contributed by atoms with Crippen molar-refractivity contribution in [2.45, 2.75) is 0 Å². The fourth-order valence-corrected chi connectivity index (χ4v) is 10.8. The van der Waals surface area contributed by atoms with Gasteiger partial charge in [-0.15, -0.1) is 10.2 Å². The van der Waals surface area contributed by atoms with Crippen LogP contribution in [0.15, 0.2) is 243 Å². The number of nitrogens with zero attached hydrogens (tertiary/aromatic N) is 6.